The maximum atomic E-state index is 13.1. The lowest BCUT2D eigenvalue weighted by Crippen LogP contribution is -2.32. The summed E-state index contributed by atoms with van der Waals surface area (Å²) < 4.78 is 28.0. The molecule has 0 spiro atoms. The molecule has 4 rings (SSSR count). The Labute approximate surface area is 183 Å². The van der Waals surface area contributed by atoms with Crippen molar-refractivity contribution in [3.8, 4) is 0 Å². The molecular weight excluding hydrogens is 410 g/mol. The highest BCUT2D eigenvalue weighted by Crippen LogP contribution is 2.30. The first-order valence-electron chi connectivity index (χ1n) is 10.2. The highest BCUT2D eigenvalue weighted by atomic mass is 32.2. The van der Waals surface area contributed by atoms with Crippen LogP contribution in [-0.2, 0) is 16.6 Å². The largest absolute Gasteiger partial charge is 0.330 e. The Morgan fingerprint density at radius 1 is 1.03 bits per heavy atom. The van der Waals surface area contributed by atoms with Gasteiger partial charge in [0.1, 0.15) is 0 Å². The Morgan fingerprint density at radius 2 is 1.77 bits per heavy atom. The second kappa shape index (κ2) is 8.51. The third-order valence-electron chi connectivity index (χ3n) is 5.48. The van der Waals surface area contributed by atoms with Gasteiger partial charge in [-0.3, -0.25) is 14.5 Å². The van der Waals surface area contributed by atoms with Gasteiger partial charge in [-0.15, -0.1) is 0 Å². The highest BCUT2D eigenvalue weighted by molar-refractivity contribution is 7.92. The predicted octanol–water partition coefficient (Wildman–Crippen LogP) is 4.30. The number of nitrogens with zero attached hydrogens (tertiary/aromatic N) is 2. The van der Waals surface area contributed by atoms with E-state index >= 15 is 0 Å². The van der Waals surface area contributed by atoms with Crippen LogP contribution in [0.3, 0.4) is 0 Å². The van der Waals surface area contributed by atoms with Crippen molar-refractivity contribution in [1.29, 1.82) is 0 Å². The monoisotopic (exact) mass is 435 g/mol. The van der Waals surface area contributed by atoms with Crippen LogP contribution in [0.4, 0.5) is 5.69 Å². The van der Waals surface area contributed by atoms with Crippen LogP contribution >= 0.6 is 0 Å². The number of amides is 1. The second-order valence-corrected chi connectivity index (χ2v) is 9.60. The van der Waals surface area contributed by atoms with E-state index in [0.29, 0.717) is 17.8 Å². The van der Waals surface area contributed by atoms with Gasteiger partial charge in [-0.1, -0.05) is 12.1 Å². The van der Waals surface area contributed by atoms with E-state index in [1.54, 1.807) is 48.7 Å². The average molecular weight is 436 g/mol. The van der Waals surface area contributed by atoms with Gasteiger partial charge in [0.25, 0.3) is 15.9 Å². The molecule has 0 aliphatic heterocycles. The van der Waals surface area contributed by atoms with E-state index < -0.39 is 10.0 Å². The van der Waals surface area contributed by atoms with Crippen LogP contribution in [0.25, 0.3) is 0 Å². The van der Waals surface area contributed by atoms with Crippen LogP contribution in [-0.4, -0.2) is 30.3 Å². The zero-order chi connectivity index (χ0) is 22.0. The summed E-state index contributed by atoms with van der Waals surface area (Å²) in [5.74, 6) is -0.0725. The van der Waals surface area contributed by atoms with Crippen LogP contribution in [0.2, 0.25) is 0 Å². The third kappa shape index (κ3) is 4.94. The quantitative estimate of drug-likeness (QED) is 0.600. The summed E-state index contributed by atoms with van der Waals surface area (Å²) >= 11 is 0. The number of rotatable bonds is 7. The average Bonchev–Trinajstić information content (AvgIpc) is 3.60. The minimum absolute atomic E-state index is 0.0725. The van der Waals surface area contributed by atoms with E-state index in [2.05, 4.69) is 9.71 Å². The maximum Gasteiger partial charge on any atom is 0.261 e. The number of hydrogen-bond acceptors (Lipinski definition) is 4. The zero-order valence-electron chi connectivity index (χ0n) is 17.6. The molecule has 7 heteroatoms. The lowest BCUT2D eigenvalue weighted by molar-refractivity contribution is 0.0728. The summed E-state index contributed by atoms with van der Waals surface area (Å²) in [5.41, 5.74) is 3.74. The van der Waals surface area contributed by atoms with Crippen molar-refractivity contribution in [2.24, 2.45) is 0 Å². The summed E-state index contributed by atoms with van der Waals surface area (Å²) in [6.07, 6.45) is 3.71. The van der Waals surface area contributed by atoms with Crippen LogP contribution in [0.1, 0.15) is 40.0 Å². The Hall–Kier alpha value is -3.19. The van der Waals surface area contributed by atoms with Crippen LogP contribution in [0.5, 0.6) is 0 Å². The molecule has 3 aromatic rings. The number of benzene rings is 2. The SMILES string of the molecule is Cc1ccc(S(=O)(=O)Nc2ccc(C(=O)N(Cc3ccccn3)C3CC3)cc2)cc1C. The van der Waals surface area contributed by atoms with E-state index in [0.717, 1.165) is 29.7 Å². The smallest absolute Gasteiger partial charge is 0.261 e. The topological polar surface area (TPSA) is 79.4 Å². The van der Waals surface area contributed by atoms with Gasteiger partial charge in [0.15, 0.2) is 0 Å². The first kappa shape index (κ1) is 21.1. The van der Waals surface area contributed by atoms with Gasteiger partial charge in [-0.25, -0.2) is 8.42 Å². The second-order valence-electron chi connectivity index (χ2n) is 7.91. The fourth-order valence-electron chi connectivity index (χ4n) is 3.36. The maximum absolute atomic E-state index is 13.1. The molecule has 6 nitrogen and oxygen atoms in total. The Kier molecular flexibility index (Phi) is 5.78. The number of nitrogens with one attached hydrogen (secondary N) is 1. The summed E-state index contributed by atoms with van der Waals surface area (Å²) in [5, 5.41) is 0. The molecule has 1 fully saturated rings. The van der Waals surface area contributed by atoms with Crippen molar-refractivity contribution in [2.45, 2.75) is 44.2 Å². The zero-order valence-corrected chi connectivity index (χ0v) is 18.4. The lowest BCUT2D eigenvalue weighted by atomic mass is 10.1. The van der Waals surface area contributed by atoms with Gasteiger partial charge in [0.2, 0.25) is 0 Å². The Balaban J connectivity index is 1.49. The van der Waals surface area contributed by atoms with Crippen molar-refractivity contribution in [3.63, 3.8) is 0 Å². The summed E-state index contributed by atoms with van der Waals surface area (Å²) in [7, 11) is -3.70. The number of aromatic nitrogens is 1. The van der Waals surface area contributed by atoms with Gasteiger partial charge in [0.05, 0.1) is 17.1 Å². The van der Waals surface area contributed by atoms with E-state index in [9.17, 15) is 13.2 Å². The van der Waals surface area contributed by atoms with E-state index in [1.807, 2.05) is 36.9 Å². The van der Waals surface area contributed by atoms with Crippen LogP contribution in [0, 0.1) is 13.8 Å². The van der Waals surface area contributed by atoms with Crippen molar-refractivity contribution in [1.82, 2.24) is 9.88 Å². The molecule has 1 aliphatic rings. The van der Waals surface area contributed by atoms with Gasteiger partial charge >= 0.3 is 0 Å². The molecule has 1 aromatic heterocycles. The van der Waals surface area contributed by atoms with Crippen molar-refractivity contribution >= 4 is 21.6 Å². The molecule has 1 heterocycles. The van der Waals surface area contributed by atoms with Gasteiger partial charge in [-0.05, 0) is 86.3 Å². The number of carbonyl (C=O) groups excluding carboxylic acids is 1. The Morgan fingerprint density at radius 3 is 2.39 bits per heavy atom. The number of aryl methyl sites for hydroxylation is 2. The fraction of sp³-hybridized carbons (Fsp3) is 0.250. The first-order chi connectivity index (χ1) is 14.8. The first-order valence-corrected chi connectivity index (χ1v) is 11.7. The molecule has 0 radical (unpaired) electrons. The number of carbonyl (C=O) groups is 1. The molecule has 0 bridgehead atoms. The minimum Gasteiger partial charge on any atom is -0.330 e. The van der Waals surface area contributed by atoms with Crippen molar-refractivity contribution < 1.29 is 13.2 Å². The third-order valence-corrected chi connectivity index (χ3v) is 6.86. The van der Waals surface area contributed by atoms with Gasteiger partial charge in [-0.2, -0.15) is 0 Å². The normalized spacial score (nSPS) is 13.6. The number of pyridine rings is 1. The molecule has 0 atom stereocenters. The van der Waals surface area contributed by atoms with Crippen molar-refractivity contribution in [2.75, 3.05) is 4.72 Å². The summed E-state index contributed by atoms with van der Waals surface area (Å²) in [6, 6.07) is 17.5. The summed E-state index contributed by atoms with van der Waals surface area (Å²) in [6.45, 7) is 4.28. The van der Waals surface area contributed by atoms with E-state index in [4.69, 9.17) is 0 Å². The molecule has 2 aromatic carbocycles. The Bertz CT molecular complexity index is 1190. The fourth-order valence-corrected chi connectivity index (χ4v) is 4.50. The molecular formula is C24H25N3O3S. The molecule has 1 saturated carbocycles. The summed E-state index contributed by atoms with van der Waals surface area (Å²) in [4.78, 5) is 19.5. The van der Waals surface area contributed by atoms with Crippen LogP contribution < -0.4 is 4.72 Å². The van der Waals surface area contributed by atoms with E-state index in [-0.39, 0.29) is 16.8 Å². The standard InChI is InChI=1S/C24H25N3O3S/c1-17-6-13-23(15-18(17)2)31(29,30)26-20-9-7-19(8-10-20)24(28)27(22-11-12-22)16-21-5-3-4-14-25-21/h3-10,13-15,22,26H,11-12,16H2,1-2H3. The van der Waals surface area contributed by atoms with Crippen molar-refractivity contribution in [3.05, 3.63) is 89.2 Å². The van der Waals surface area contributed by atoms with Gasteiger partial charge in [0, 0.05) is 23.5 Å². The number of sulfonamides is 1. The lowest BCUT2D eigenvalue weighted by Gasteiger charge is -2.22. The molecule has 0 saturated heterocycles. The van der Waals surface area contributed by atoms with E-state index in [1.165, 1.54) is 0 Å². The molecule has 1 N–H and O–H groups in total. The van der Waals surface area contributed by atoms with Crippen LogP contribution in [0.15, 0.2) is 71.8 Å². The molecule has 0 unspecified atom stereocenters. The highest BCUT2D eigenvalue weighted by Gasteiger charge is 2.33. The number of hydrogen-bond donors (Lipinski definition) is 1. The molecule has 1 aliphatic carbocycles. The number of anilines is 1. The minimum atomic E-state index is -3.70. The molecule has 1 amide bonds. The molecule has 31 heavy (non-hydrogen) atoms. The predicted molar refractivity (Wildman–Crippen MR) is 120 cm³/mol. The molecule has 160 valence electrons. The van der Waals surface area contributed by atoms with Gasteiger partial charge < -0.3 is 4.90 Å².